The van der Waals surface area contributed by atoms with Crippen molar-refractivity contribution in [1.29, 1.82) is 0 Å². The summed E-state index contributed by atoms with van der Waals surface area (Å²) in [5, 5.41) is 2.16. The summed E-state index contributed by atoms with van der Waals surface area (Å²) in [6, 6.07) is 20.4. The standard InChI is InChI=1S/C26H21N5OS/c1-17-21(4-3-11-28-17)18-5-7-23(24(15-18)32-2)26-22-8-6-20(14-19(22)9-13-29-26)33-31-25-10-12-27-16-30-25/h3-16H,1-2H3,(H,27,30,31). The van der Waals surface area contributed by atoms with Gasteiger partial charge >= 0.3 is 0 Å². The summed E-state index contributed by atoms with van der Waals surface area (Å²) in [7, 11) is 1.69. The number of anilines is 1. The van der Waals surface area contributed by atoms with Crippen LogP contribution >= 0.6 is 11.9 Å². The van der Waals surface area contributed by atoms with Crippen LogP contribution in [0.3, 0.4) is 0 Å². The summed E-state index contributed by atoms with van der Waals surface area (Å²) >= 11 is 1.51. The maximum atomic E-state index is 5.78. The fraction of sp³-hybridized carbons (Fsp3) is 0.0769. The van der Waals surface area contributed by atoms with Crippen molar-refractivity contribution in [2.75, 3.05) is 11.8 Å². The number of nitrogens with one attached hydrogen (secondary N) is 1. The smallest absolute Gasteiger partial charge is 0.139 e. The molecule has 0 fully saturated rings. The Labute approximate surface area is 196 Å². The van der Waals surface area contributed by atoms with E-state index >= 15 is 0 Å². The molecule has 3 heterocycles. The van der Waals surface area contributed by atoms with E-state index in [4.69, 9.17) is 9.72 Å². The molecule has 0 saturated carbocycles. The molecule has 0 amide bonds. The molecule has 33 heavy (non-hydrogen) atoms. The van der Waals surface area contributed by atoms with E-state index in [9.17, 15) is 0 Å². The minimum atomic E-state index is 0.763. The van der Waals surface area contributed by atoms with Gasteiger partial charge in [-0.2, -0.15) is 0 Å². The number of ether oxygens (including phenoxy) is 1. The molecule has 3 aromatic heterocycles. The first-order valence-corrected chi connectivity index (χ1v) is 11.2. The van der Waals surface area contributed by atoms with Crippen molar-refractivity contribution >= 4 is 28.5 Å². The van der Waals surface area contributed by atoms with Gasteiger partial charge in [0.2, 0.25) is 0 Å². The topological polar surface area (TPSA) is 72.8 Å². The van der Waals surface area contributed by atoms with Crippen molar-refractivity contribution in [3.63, 3.8) is 0 Å². The van der Waals surface area contributed by atoms with E-state index in [0.29, 0.717) is 0 Å². The molecular formula is C26H21N5OS. The molecule has 0 aliphatic rings. The van der Waals surface area contributed by atoms with Crippen molar-refractivity contribution in [2.24, 2.45) is 0 Å². The number of hydrogen-bond acceptors (Lipinski definition) is 7. The van der Waals surface area contributed by atoms with Crippen LogP contribution in [0.1, 0.15) is 5.69 Å². The Bertz CT molecular complexity index is 1430. The fourth-order valence-corrected chi connectivity index (χ4v) is 4.41. The molecule has 7 heteroatoms. The monoisotopic (exact) mass is 451 g/mol. The first-order chi connectivity index (χ1) is 16.2. The average molecular weight is 452 g/mol. The van der Waals surface area contributed by atoms with E-state index in [1.165, 1.54) is 18.3 Å². The van der Waals surface area contributed by atoms with Gasteiger partial charge in [0.05, 0.1) is 12.8 Å². The van der Waals surface area contributed by atoms with E-state index in [1.807, 2.05) is 31.3 Å². The number of fused-ring (bicyclic) bond motifs is 1. The molecule has 0 unspecified atom stereocenters. The van der Waals surface area contributed by atoms with Crippen LogP contribution in [0.15, 0.2) is 90.5 Å². The van der Waals surface area contributed by atoms with Crippen LogP contribution in [0.25, 0.3) is 33.2 Å². The molecule has 0 aliphatic carbocycles. The third-order valence-electron chi connectivity index (χ3n) is 5.37. The minimum Gasteiger partial charge on any atom is -0.496 e. The number of nitrogens with zero attached hydrogens (tertiary/aromatic N) is 4. The molecule has 0 aliphatic heterocycles. The zero-order chi connectivity index (χ0) is 22.6. The van der Waals surface area contributed by atoms with Gasteiger partial charge in [0.25, 0.3) is 0 Å². The maximum Gasteiger partial charge on any atom is 0.139 e. The van der Waals surface area contributed by atoms with Crippen molar-refractivity contribution in [2.45, 2.75) is 11.8 Å². The second kappa shape index (κ2) is 9.26. The van der Waals surface area contributed by atoms with E-state index in [2.05, 4.69) is 62.1 Å². The number of rotatable bonds is 6. The van der Waals surface area contributed by atoms with E-state index < -0.39 is 0 Å². The van der Waals surface area contributed by atoms with E-state index in [-0.39, 0.29) is 0 Å². The zero-order valence-corrected chi connectivity index (χ0v) is 19.0. The lowest BCUT2D eigenvalue weighted by atomic mass is 9.98. The van der Waals surface area contributed by atoms with Gasteiger partial charge in [-0.3, -0.25) is 9.97 Å². The lowest BCUT2D eigenvalue weighted by molar-refractivity contribution is 0.416. The summed E-state index contributed by atoms with van der Waals surface area (Å²) < 4.78 is 9.02. The Hall–Kier alpha value is -3.97. The Morgan fingerprint density at radius 2 is 1.79 bits per heavy atom. The largest absolute Gasteiger partial charge is 0.496 e. The van der Waals surface area contributed by atoms with Crippen LogP contribution in [-0.4, -0.2) is 27.0 Å². The summed E-state index contributed by atoms with van der Waals surface area (Å²) in [6.07, 6.45) is 6.88. The zero-order valence-electron chi connectivity index (χ0n) is 18.2. The Balaban J connectivity index is 1.50. The molecule has 162 valence electrons. The van der Waals surface area contributed by atoms with Crippen molar-refractivity contribution in [3.05, 3.63) is 91.3 Å². The van der Waals surface area contributed by atoms with Gasteiger partial charge in [0, 0.05) is 45.7 Å². The lowest BCUT2D eigenvalue weighted by Crippen LogP contribution is -1.94. The number of aryl methyl sites for hydroxylation is 1. The molecule has 2 aromatic carbocycles. The van der Waals surface area contributed by atoms with Crippen molar-refractivity contribution < 1.29 is 4.74 Å². The molecule has 0 bridgehead atoms. The van der Waals surface area contributed by atoms with Gasteiger partial charge in [0.1, 0.15) is 17.9 Å². The minimum absolute atomic E-state index is 0.763. The van der Waals surface area contributed by atoms with Gasteiger partial charge in [-0.15, -0.1) is 0 Å². The number of hydrogen-bond donors (Lipinski definition) is 1. The number of benzene rings is 2. The highest BCUT2D eigenvalue weighted by Crippen LogP contribution is 2.37. The molecule has 0 atom stereocenters. The Morgan fingerprint density at radius 1 is 0.848 bits per heavy atom. The predicted molar refractivity (Wildman–Crippen MR) is 133 cm³/mol. The van der Waals surface area contributed by atoms with Crippen LogP contribution in [0.4, 0.5) is 5.82 Å². The van der Waals surface area contributed by atoms with Gasteiger partial charge in [0.15, 0.2) is 0 Å². The van der Waals surface area contributed by atoms with Crippen LogP contribution in [-0.2, 0) is 0 Å². The lowest BCUT2D eigenvalue weighted by Gasteiger charge is -2.14. The Morgan fingerprint density at radius 3 is 2.61 bits per heavy atom. The van der Waals surface area contributed by atoms with Crippen LogP contribution in [0.2, 0.25) is 0 Å². The number of methoxy groups -OCH3 is 1. The highest BCUT2D eigenvalue weighted by molar-refractivity contribution is 8.00. The summed E-state index contributed by atoms with van der Waals surface area (Å²) in [5.41, 5.74) is 4.98. The normalized spacial score (nSPS) is 10.8. The molecular weight excluding hydrogens is 430 g/mol. The molecule has 0 saturated heterocycles. The quantitative estimate of drug-likeness (QED) is 0.309. The van der Waals surface area contributed by atoms with Crippen LogP contribution in [0, 0.1) is 6.92 Å². The van der Waals surface area contributed by atoms with E-state index in [1.54, 1.807) is 19.5 Å². The first kappa shape index (κ1) is 20.9. The average Bonchev–Trinajstić information content (AvgIpc) is 2.87. The summed E-state index contributed by atoms with van der Waals surface area (Å²) in [4.78, 5) is 18.3. The molecule has 0 spiro atoms. The predicted octanol–water partition coefficient (Wildman–Crippen LogP) is 6.19. The first-order valence-electron chi connectivity index (χ1n) is 10.4. The fourth-order valence-electron chi connectivity index (χ4n) is 3.74. The van der Waals surface area contributed by atoms with Crippen LogP contribution in [0.5, 0.6) is 5.75 Å². The summed E-state index contributed by atoms with van der Waals surface area (Å²) in [5.74, 6) is 1.54. The SMILES string of the molecule is COc1cc(-c2cccnc2C)ccc1-c1nccc2cc(SNc3ccncn3)ccc12. The number of pyridine rings is 2. The van der Waals surface area contributed by atoms with Crippen molar-refractivity contribution in [3.8, 4) is 28.1 Å². The van der Waals surface area contributed by atoms with Crippen LogP contribution < -0.4 is 9.46 Å². The van der Waals surface area contributed by atoms with Crippen molar-refractivity contribution in [1.82, 2.24) is 19.9 Å². The molecule has 5 rings (SSSR count). The third kappa shape index (κ3) is 4.36. The molecule has 6 nitrogen and oxygen atoms in total. The maximum absolute atomic E-state index is 5.78. The summed E-state index contributed by atoms with van der Waals surface area (Å²) in [6.45, 7) is 2.01. The Kier molecular flexibility index (Phi) is 5.87. The van der Waals surface area contributed by atoms with Gasteiger partial charge in [-0.25, -0.2) is 9.97 Å². The second-order valence-electron chi connectivity index (χ2n) is 7.39. The van der Waals surface area contributed by atoms with Gasteiger partial charge in [-0.05, 0) is 72.3 Å². The molecule has 0 radical (unpaired) electrons. The van der Waals surface area contributed by atoms with E-state index in [0.717, 1.165) is 55.3 Å². The molecule has 5 aromatic rings. The number of aromatic nitrogens is 4. The van der Waals surface area contributed by atoms with Gasteiger partial charge < -0.3 is 9.46 Å². The van der Waals surface area contributed by atoms with Gasteiger partial charge in [-0.1, -0.05) is 18.2 Å². The third-order valence-corrected chi connectivity index (χ3v) is 6.17. The highest BCUT2D eigenvalue weighted by Gasteiger charge is 2.14. The highest BCUT2D eigenvalue weighted by atomic mass is 32.2. The second-order valence-corrected chi connectivity index (χ2v) is 8.27. The molecule has 1 N–H and O–H groups in total.